The van der Waals surface area contributed by atoms with E-state index in [9.17, 15) is 32.3 Å². The number of carbonyl (C=O) groups excluding carboxylic acids is 4. The first-order valence-corrected chi connectivity index (χ1v) is 18.3. The van der Waals surface area contributed by atoms with E-state index < -0.39 is 47.2 Å². The van der Waals surface area contributed by atoms with E-state index in [4.69, 9.17) is 25.5 Å². The smallest absolute Gasteiger partial charge is 0.432 e. The first-order valence-electron chi connectivity index (χ1n) is 17.8. The zero-order valence-electron chi connectivity index (χ0n) is 30.0. The molecule has 1 fully saturated rings. The maximum absolute atomic E-state index is 14.6. The normalized spacial score (nSPS) is 16.1. The van der Waals surface area contributed by atoms with Crippen LogP contribution >= 0.6 is 11.6 Å². The summed E-state index contributed by atoms with van der Waals surface area (Å²) in [5.74, 6) is -3.31. The quantitative estimate of drug-likeness (QED) is 0.111. The number of rotatable bonds is 7. The van der Waals surface area contributed by atoms with Gasteiger partial charge in [0.15, 0.2) is 11.5 Å². The Balaban J connectivity index is 1.18. The lowest BCUT2D eigenvalue weighted by atomic mass is 9.95. The molecular formula is C39H34ClF3N6O7. The van der Waals surface area contributed by atoms with Crippen LogP contribution in [0.25, 0.3) is 32.8 Å². The van der Waals surface area contributed by atoms with Crippen molar-refractivity contribution < 1.29 is 46.2 Å². The minimum atomic E-state index is -5.04. The number of carbonyl (C=O) groups is 4. The Morgan fingerprint density at radius 3 is 2.46 bits per heavy atom. The second kappa shape index (κ2) is 14.3. The van der Waals surface area contributed by atoms with Gasteiger partial charge in [-0.1, -0.05) is 18.2 Å². The fourth-order valence-electron chi connectivity index (χ4n) is 7.33. The summed E-state index contributed by atoms with van der Waals surface area (Å²) in [4.78, 5) is 64.3. The van der Waals surface area contributed by atoms with Gasteiger partial charge in [-0.25, -0.2) is 9.59 Å². The van der Waals surface area contributed by atoms with Crippen LogP contribution in [0.15, 0.2) is 65.1 Å². The summed E-state index contributed by atoms with van der Waals surface area (Å²) in [5, 5.41) is 3.96. The van der Waals surface area contributed by atoms with Gasteiger partial charge in [0.25, 0.3) is 11.8 Å². The number of alkyl halides is 4. The van der Waals surface area contributed by atoms with Crippen molar-refractivity contribution in [3.63, 3.8) is 0 Å². The largest absolute Gasteiger partial charge is 0.462 e. The molecule has 0 spiro atoms. The van der Waals surface area contributed by atoms with Crippen molar-refractivity contribution >= 4 is 79.6 Å². The summed E-state index contributed by atoms with van der Waals surface area (Å²) in [7, 11) is 1.90. The maximum Gasteiger partial charge on any atom is 0.432 e. The molecule has 3 aromatic heterocycles. The summed E-state index contributed by atoms with van der Waals surface area (Å²) in [6.07, 6.45) is -5.84. The molecule has 2 aliphatic rings. The number of benzene rings is 3. The Bertz CT molecular complexity index is 2520. The molecule has 1 atom stereocenters. The van der Waals surface area contributed by atoms with Gasteiger partial charge in [0, 0.05) is 78.0 Å². The second-order valence-corrected chi connectivity index (χ2v) is 14.0. The first kappa shape index (κ1) is 36.9. The highest BCUT2D eigenvalue weighted by Gasteiger charge is 2.44. The van der Waals surface area contributed by atoms with Gasteiger partial charge in [0.2, 0.25) is 0 Å². The third-order valence-electron chi connectivity index (χ3n) is 10.1. The van der Waals surface area contributed by atoms with E-state index in [1.165, 1.54) is 22.8 Å². The number of aromatic amines is 2. The molecule has 0 aliphatic carbocycles. The standard InChI is InChI=1S/C39H34ClF3N6O7/c1-3-54-37(52)32-31-30-22(18-40)19-49(26(30)17-28(33(31)46-34(32)39(41,42)43)56-38(53)48-12-10-47(2)11-13-48)36(51)25-15-21-14-23(8-9-24(21)45-25)44-35(50)29-16-20-6-4-5-7-27(20)55-29/h4-9,14-17,22,45-46H,3,10-13,18-19H2,1-2H3,(H,44,50). The Labute approximate surface area is 321 Å². The number of H-pyrrole nitrogens is 2. The molecule has 8 rings (SSSR count). The van der Waals surface area contributed by atoms with Crippen LogP contribution in [0.4, 0.5) is 29.3 Å². The Morgan fingerprint density at radius 1 is 0.982 bits per heavy atom. The van der Waals surface area contributed by atoms with Crippen molar-refractivity contribution in [3.05, 3.63) is 88.9 Å². The minimum Gasteiger partial charge on any atom is -0.462 e. The maximum atomic E-state index is 14.6. The van der Waals surface area contributed by atoms with Gasteiger partial charge in [-0.3, -0.25) is 9.59 Å². The number of esters is 1. The number of fused-ring (bicyclic) bond motifs is 5. The average molecular weight is 791 g/mol. The van der Waals surface area contributed by atoms with Crippen LogP contribution in [-0.4, -0.2) is 95.9 Å². The van der Waals surface area contributed by atoms with Gasteiger partial charge in [0.1, 0.15) is 17.0 Å². The fraction of sp³-hybridized carbons (Fsp3) is 0.282. The van der Waals surface area contributed by atoms with Gasteiger partial charge in [-0.2, -0.15) is 13.2 Å². The number of para-hydroxylation sites is 1. The predicted octanol–water partition coefficient (Wildman–Crippen LogP) is 7.57. The van der Waals surface area contributed by atoms with Crippen LogP contribution in [-0.2, 0) is 10.9 Å². The number of piperazine rings is 1. The number of aromatic nitrogens is 2. The summed E-state index contributed by atoms with van der Waals surface area (Å²) in [5.41, 5.74) is -0.438. The van der Waals surface area contributed by atoms with Crippen LogP contribution in [0.5, 0.6) is 5.75 Å². The third kappa shape index (κ3) is 6.57. The summed E-state index contributed by atoms with van der Waals surface area (Å²) >= 11 is 6.44. The number of furan rings is 1. The number of ether oxygens (including phenoxy) is 2. The van der Waals surface area contributed by atoms with Gasteiger partial charge < -0.3 is 43.9 Å². The number of anilines is 2. The van der Waals surface area contributed by atoms with E-state index in [-0.39, 0.29) is 58.4 Å². The lowest BCUT2D eigenvalue weighted by Crippen LogP contribution is -2.48. The van der Waals surface area contributed by atoms with E-state index in [0.717, 1.165) is 5.39 Å². The molecule has 0 saturated carbocycles. The van der Waals surface area contributed by atoms with Crippen LogP contribution in [0.3, 0.4) is 0 Å². The molecule has 0 radical (unpaired) electrons. The van der Waals surface area contributed by atoms with Crippen molar-refractivity contribution in [1.82, 2.24) is 19.8 Å². The molecule has 5 heterocycles. The lowest BCUT2D eigenvalue weighted by Gasteiger charge is -2.31. The van der Waals surface area contributed by atoms with Crippen molar-refractivity contribution in [1.29, 1.82) is 0 Å². The van der Waals surface area contributed by atoms with Crippen LogP contribution < -0.4 is 15.0 Å². The van der Waals surface area contributed by atoms with Gasteiger partial charge >= 0.3 is 18.2 Å². The minimum absolute atomic E-state index is 0.0639. The fourth-order valence-corrected chi connectivity index (χ4v) is 7.58. The Kier molecular flexibility index (Phi) is 9.40. The zero-order chi connectivity index (χ0) is 39.5. The summed E-state index contributed by atoms with van der Waals surface area (Å²) in [6.45, 7) is 2.95. The molecule has 0 bridgehead atoms. The second-order valence-electron chi connectivity index (χ2n) is 13.7. The van der Waals surface area contributed by atoms with Gasteiger partial charge in [-0.15, -0.1) is 11.6 Å². The highest BCUT2D eigenvalue weighted by Crippen LogP contribution is 2.50. The molecule has 56 heavy (non-hydrogen) atoms. The predicted molar refractivity (Wildman–Crippen MR) is 202 cm³/mol. The highest BCUT2D eigenvalue weighted by atomic mass is 35.5. The zero-order valence-corrected chi connectivity index (χ0v) is 30.8. The van der Waals surface area contributed by atoms with Crippen molar-refractivity contribution in [2.45, 2.75) is 19.0 Å². The van der Waals surface area contributed by atoms with Gasteiger partial charge in [0.05, 0.1) is 23.4 Å². The molecule has 290 valence electrons. The monoisotopic (exact) mass is 790 g/mol. The number of nitrogens with zero attached hydrogens (tertiary/aromatic N) is 3. The third-order valence-corrected chi connectivity index (χ3v) is 10.4. The molecule has 1 saturated heterocycles. The molecule has 3 amide bonds. The first-order chi connectivity index (χ1) is 26.8. The number of hydrogen-bond donors (Lipinski definition) is 3. The molecule has 1 unspecified atom stereocenters. The van der Waals surface area contributed by atoms with E-state index >= 15 is 0 Å². The number of hydrogen-bond acceptors (Lipinski definition) is 8. The SMILES string of the molecule is CCOC(=O)c1c(C(F)(F)F)[nH]c2c(OC(=O)N3CCN(C)CC3)cc3c(c12)C(CCl)CN3C(=O)c1cc2cc(NC(=O)c3cc4ccccc4o3)ccc2[nH]1. The topological polar surface area (TPSA) is 153 Å². The molecule has 17 heteroatoms. The van der Waals surface area contributed by atoms with E-state index in [1.807, 2.05) is 24.1 Å². The van der Waals surface area contributed by atoms with E-state index in [2.05, 4.69) is 15.3 Å². The molecule has 3 aromatic carbocycles. The van der Waals surface area contributed by atoms with Crippen LogP contribution in [0.2, 0.25) is 0 Å². The van der Waals surface area contributed by atoms with E-state index in [0.29, 0.717) is 48.4 Å². The number of likely N-dealkylation sites (N-methyl/N-ethyl adjacent to an activating group) is 1. The molecular weight excluding hydrogens is 757 g/mol. The Hall–Kier alpha value is -6.00. The van der Waals surface area contributed by atoms with Crippen LogP contribution in [0.1, 0.15) is 55.5 Å². The summed E-state index contributed by atoms with van der Waals surface area (Å²) < 4.78 is 60.4. The van der Waals surface area contributed by atoms with Crippen LogP contribution in [0, 0.1) is 0 Å². The van der Waals surface area contributed by atoms with E-state index in [1.54, 1.807) is 42.5 Å². The molecule has 13 nitrogen and oxygen atoms in total. The number of amides is 3. The summed E-state index contributed by atoms with van der Waals surface area (Å²) in [6, 6.07) is 16.8. The Morgan fingerprint density at radius 2 is 1.75 bits per heavy atom. The number of nitrogens with one attached hydrogen (secondary N) is 3. The van der Waals surface area contributed by atoms with Gasteiger partial charge in [-0.05, 0) is 55.9 Å². The molecule has 3 N–H and O–H groups in total. The lowest BCUT2D eigenvalue weighted by molar-refractivity contribution is -0.141. The molecule has 2 aliphatic heterocycles. The van der Waals surface area contributed by atoms with Crippen molar-refractivity contribution in [3.8, 4) is 5.75 Å². The van der Waals surface area contributed by atoms with Crippen molar-refractivity contribution in [2.24, 2.45) is 0 Å². The molecule has 6 aromatic rings. The average Bonchev–Trinajstić information content (AvgIpc) is 3.97. The van der Waals surface area contributed by atoms with Crippen molar-refractivity contribution in [2.75, 3.05) is 62.5 Å². The number of halogens is 4. The highest BCUT2D eigenvalue weighted by molar-refractivity contribution is 6.20.